The summed E-state index contributed by atoms with van der Waals surface area (Å²) in [5, 5.41) is 2.56. The molecule has 18 heavy (non-hydrogen) atoms. The molecule has 0 atom stereocenters. The van der Waals surface area contributed by atoms with Gasteiger partial charge in [-0.1, -0.05) is 67.6 Å². The number of carbonyl (C=O) groups is 1. The molecule has 0 aliphatic heterocycles. The van der Waals surface area contributed by atoms with Crippen LogP contribution in [0.25, 0.3) is 0 Å². The maximum Gasteiger partial charge on any atom is 0.137 e. The molecule has 0 N–H and O–H groups in total. The van der Waals surface area contributed by atoms with Gasteiger partial charge >= 0.3 is 0 Å². The van der Waals surface area contributed by atoms with E-state index in [2.05, 4.69) is 24.3 Å². The molecule has 0 aliphatic rings. The van der Waals surface area contributed by atoms with Crippen molar-refractivity contribution in [2.24, 2.45) is 0 Å². The number of benzene rings is 2. The molecule has 0 fully saturated rings. The lowest BCUT2D eigenvalue weighted by Crippen LogP contribution is -2.17. The average Bonchev–Trinajstić information content (AvgIpc) is 2.46. The highest BCUT2D eigenvalue weighted by molar-refractivity contribution is 7.73. The SMILES string of the molecule is CCC(=O)CP(c1ccccc1)c1ccccc1. The van der Waals surface area contributed by atoms with Crippen LogP contribution in [0.2, 0.25) is 0 Å². The van der Waals surface area contributed by atoms with Gasteiger partial charge in [0, 0.05) is 12.6 Å². The van der Waals surface area contributed by atoms with Crippen LogP contribution in [-0.4, -0.2) is 11.9 Å². The molecule has 92 valence electrons. The quantitative estimate of drug-likeness (QED) is 0.751. The minimum absolute atomic E-state index is 0.341. The zero-order valence-corrected chi connectivity index (χ0v) is 11.4. The average molecular weight is 256 g/mol. The Balaban J connectivity index is 2.32. The first-order valence-electron chi connectivity index (χ1n) is 6.20. The summed E-state index contributed by atoms with van der Waals surface area (Å²) in [4.78, 5) is 11.8. The van der Waals surface area contributed by atoms with E-state index in [-0.39, 0.29) is 0 Å². The Morgan fingerprint density at radius 1 is 0.889 bits per heavy atom. The van der Waals surface area contributed by atoms with Gasteiger partial charge in [0.05, 0.1) is 0 Å². The van der Waals surface area contributed by atoms with E-state index >= 15 is 0 Å². The van der Waals surface area contributed by atoms with Crippen molar-refractivity contribution in [3.63, 3.8) is 0 Å². The molecular weight excluding hydrogens is 239 g/mol. The summed E-state index contributed by atoms with van der Waals surface area (Å²) in [6, 6.07) is 20.7. The molecule has 0 aromatic heterocycles. The van der Waals surface area contributed by atoms with Crippen molar-refractivity contribution < 1.29 is 4.79 Å². The molecule has 0 saturated heterocycles. The predicted octanol–water partition coefficient (Wildman–Crippen LogP) is 3.10. The van der Waals surface area contributed by atoms with Gasteiger partial charge in [0.15, 0.2) is 0 Å². The molecule has 0 amide bonds. The van der Waals surface area contributed by atoms with Crippen LogP contribution in [0.4, 0.5) is 0 Å². The van der Waals surface area contributed by atoms with E-state index in [0.717, 1.165) is 0 Å². The van der Waals surface area contributed by atoms with Crippen LogP contribution in [0.3, 0.4) is 0 Å². The number of carbonyl (C=O) groups excluding carboxylic acids is 1. The highest BCUT2D eigenvalue weighted by Crippen LogP contribution is 2.33. The highest BCUT2D eigenvalue weighted by atomic mass is 31.1. The van der Waals surface area contributed by atoms with Crippen molar-refractivity contribution in [3.8, 4) is 0 Å². The number of hydrogen-bond donors (Lipinski definition) is 0. The normalized spacial score (nSPS) is 10.6. The van der Waals surface area contributed by atoms with Crippen LogP contribution in [0.1, 0.15) is 13.3 Å². The fourth-order valence-corrected chi connectivity index (χ4v) is 4.14. The monoisotopic (exact) mass is 256 g/mol. The van der Waals surface area contributed by atoms with Crippen LogP contribution in [0.15, 0.2) is 60.7 Å². The fraction of sp³-hybridized carbons (Fsp3) is 0.188. The molecule has 0 radical (unpaired) electrons. The molecule has 0 aliphatic carbocycles. The van der Waals surface area contributed by atoms with Gasteiger partial charge < -0.3 is 0 Å². The molecule has 2 aromatic rings. The van der Waals surface area contributed by atoms with Crippen molar-refractivity contribution in [1.82, 2.24) is 0 Å². The molecule has 0 unspecified atom stereocenters. The van der Waals surface area contributed by atoms with E-state index in [1.54, 1.807) is 0 Å². The van der Waals surface area contributed by atoms with Crippen molar-refractivity contribution in [3.05, 3.63) is 60.7 Å². The molecule has 2 heteroatoms. The molecule has 2 aromatic carbocycles. The lowest BCUT2D eigenvalue weighted by Gasteiger charge is -2.17. The van der Waals surface area contributed by atoms with E-state index in [1.165, 1.54) is 10.6 Å². The van der Waals surface area contributed by atoms with Crippen molar-refractivity contribution in [1.29, 1.82) is 0 Å². The van der Waals surface area contributed by atoms with Crippen molar-refractivity contribution in [2.75, 3.05) is 6.16 Å². The Morgan fingerprint density at radius 3 is 1.72 bits per heavy atom. The number of hydrogen-bond acceptors (Lipinski definition) is 1. The first-order valence-corrected chi connectivity index (χ1v) is 7.73. The molecule has 1 nitrogen and oxygen atoms in total. The molecule has 0 heterocycles. The van der Waals surface area contributed by atoms with E-state index in [9.17, 15) is 4.79 Å². The summed E-state index contributed by atoms with van der Waals surface area (Å²) in [5.74, 6) is 0.341. The Bertz CT molecular complexity index is 454. The molecule has 0 spiro atoms. The van der Waals surface area contributed by atoms with Crippen LogP contribution in [0, 0.1) is 0 Å². The third-order valence-corrected chi connectivity index (χ3v) is 5.38. The Hall–Kier alpha value is -1.46. The predicted molar refractivity (Wildman–Crippen MR) is 79.2 cm³/mol. The maximum absolute atomic E-state index is 11.8. The molecule has 0 saturated carbocycles. The summed E-state index contributed by atoms with van der Waals surface area (Å²) < 4.78 is 0. The lowest BCUT2D eigenvalue weighted by atomic mass is 10.3. The summed E-state index contributed by atoms with van der Waals surface area (Å²) in [7, 11) is -0.546. The fourth-order valence-electron chi connectivity index (χ4n) is 1.84. The van der Waals surface area contributed by atoms with Gasteiger partial charge in [0.2, 0.25) is 0 Å². The first-order chi connectivity index (χ1) is 8.81. The first kappa shape index (κ1) is 13.0. The number of ketones is 1. The minimum atomic E-state index is -0.546. The van der Waals surface area contributed by atoms with Gasteiger partial charge in [-0.05, 0) is 18.5 Å². The van der Waals surface area contributed by atoms with Gasteiger partial charge in [-0.25, -0.2) is 0 Å². The molecular formula is C16H17OP. The van der Waals surface area contributed by atoms with Gasteiger partial charge in [0.1, 0.15) is 5.78 Å². The van der Waals surface area contributed by atoms with Gasteiger partial charge in [-0.2, -0.15) is 0 Å². The van der Waals surface area contributed by atoms with E-state index in [0.29, 0.717) is 18.4 Å². The lowest BCUT2D eigenvalue weighted by molar-refractivity contribution is -0.116. The Morgan fingerprint density at radius 2 is 1.33 bits per heavy atom. The van der Waals surface area contributed by atoms with Crippen LogP contribution in [0.5, 0.6) is 0 Å². The van der Waals surface area contributed by atoms with Gasteiger partial charge in [-0.3, -0.25) is 4.79 Å². The van der Waals surface area contributed by atoms with Crippen LogP contribution in [-0.2, 0) is 4.79 Å². The number of Topliss-reactive ketones (excluding diaryl/α,β-unsaturated/α-hetero) is 1. The van der Waals surface area contributed by atoms with Crippen molar-refractivity contribution in [2.45, 2.75) is 13.3 Å². The Kier molecular flexibility index (Phi) is 4.66. The van der Waals surface area contributed by atoms with E-state index in [1.807, 2.05) is 43.3 Å². The largest absolute Gasteiger partial charge is 0.299 e. The topological polar surface area (TPSA) is 17.1 Å². The highest BCUT2D eigenvalue weighted by Gasteiger charge is 2.16. The number of rotatable bonds is 5. The second-order valence-corrected chi connectivity index (χ2v) is 6.35. The van der Waals surface area contributed by atoms with E-state index < -0.39 is 7.92 Å². The van der Waals surface area contributed by atoms with Crippen LogP contribution >= 0.6 is 7.92 Å². The zero-order chi connectivity index (χ0) is 12.8. The van der Waals surface area contributed by atoms with Crippen molar-refractivity contribution >= 4 is 24.3 Å². The summed E-state index contributed by atoms with van der Waals surface area (Å²) >= 11 is 0. The second-order valence-electron chi connectivity index (χ2n) is 4.15. The van der Waals surface area contributed by atoms with Gasteiger partial charge in [-0.15, -0.1) is 0 Å². The minimum Gasteiger partial charge on any atom is -0.299 e. The smallest absolute Gasteiger partial charge is 0.137 e. The third-order valence-electron chi connectivity index (χ3n) is 2.86. The summed E-state index contributed by atoms with van der Waals surface area (Å²) in [5.41, 5.74) is 0. The van der Waals surface area contributed by atoms with Crippen LogP contribution < -0.4 is 10.6 Å². The zero-order valence-electron chi connectivity index (χ0n) is 10.5. The Labute approximate surface area is 110 Å². The molecule has 2 rings (SSSR count). The summed E-state index contributed by atoms with van der Waals surface area (Å²) in [6.45, 7) is 1.94. The summed E-state index contributed by atoms with van der Waals surface area (Å²) in [6.07, 6.45) is 1.28. The van der Waals surface area contributed by atoms with E-state index in [4.69, 9.17) is 0 Å². The molecule has 0 bridgehead atoms. The second kappa shape index (κ2) is 6.47. The third kappa shape index (κ3) is 3.27. The van der Waals surface area contributed by atoms with Gasteiger partial charge in [0.25, 0.3) is 0 Å². The maximum atomic E-state index is 11.8. The standard InChI is InChI=1S/C16H17OP/c1-2-14(17)13-18(15-9-5-3-6-10-15)16-11-7-4-8-12-16/h3-12H,2,13H2,1H3.